The summed E-state index contributed by atoms with van der Waals surface area (Å²) < 4.78 is 38.4. The summed E-state index contributed by atoms with van der Waals surface area (Å²) >= 11 is 0. The van der Waals surface area contributed by atoms with E-state index >= 15 is 0 Å². The number of aliphatic hydroxyl groups is 1. The summed E-state index contributed by atoms with van der Waals surface area (Å²) in [7, 11) is 0. The van der Waals surface area contributed by atoms with Gasteiger partial charge in [-0.05, 0) is 61.2 Å². The number of carbonyl (C=O) groups is 2. The van der Waals surface area contributed by atoms with Gasteiger partial charge < -0.3 is 5.11 Å². The van der Waals surface area contributed by atoms with Crippen molar-refractivity contribution in [2.24, 2.45) is 0 Å². The molecule has 37 heavy (non-hydrogen) atoms. The lowest BCUT2D eigenvalue weighted by molar-refractivity contribution is -0.137. The van der Waals surface area contributed by atoms with E-state index < -0.39 is 23.4 Å². The van der Waals surface area contributed by atoms with Gasteiger partial charge in [-0.15, -0.1) is 0 Å². The van der Waals surface area contributed by atoms with Crippen LogP contribution in [0.3, 0.4) is 0 Å². The van der Waals surface area contributed by atoms with Gasteiger partial charge in [-0.2, -0.15) is 13.2 Å². The number of urea groups is 1. The summed E-state index contributed by atoms with van der Waals surface area (Å²) in [5.41, 5.74) is 1.86. The van der Waals surface area contributed by atoms with Gasteiger partial charge in [-0.25, -0.2) is 4.79 Å². The zero-order valence-electron chi connectivity index (χ0n) is 20.3. The van der Waals surface area contributed by atoms with Crippen molar-refractivity contribution >= 4 is 28.5 Å². The van der Waals surface area contributed by atoms with E-state index in [0.717, 1.165) is 34.2 Å². The van der Waals surface area contributed by atoms with Crippen LogP contribution in [0.15, 0.2) is 48.5 Å². The van der Waals surface area contributed by atoms with Crippen molar-refractivity contribution in [3.05, 3.63) is 70.9 Å². The van der Waals surface area contributed by atoms with Crippen molar-refractivity contribution in [3.63, 3.8) is 0 Å². The topological polar surface area (TPSA) is 85.8 Å². The fraction of sp³-hybridized carbons (Fsp3) is 0.370. The molecule has 0 atom stereocenters. The number of benzene rings is 2. The van der Waals surface area contributed by atoms with Gasteiger partial charge in [-0.3, -0.25) is 24.9 Å². The van der Waals surface area contributed by atoms with Gasteiger partial charge in [0, 0.05) is 38.0 Å². The second-order valence-electron chi connectivity index (χ2n) is 9.76. The van der Waals surface area contributed by atoms with Gasteiger partial charge in [0.25, 0.3) is 0 Å². The van der Waals surface area contributed by atoms with Crippen LogP contribution in [0.25, 0.3) is 10.9 Å². The van der Waals surface area contributed by atoms with Crippen LogP contribution >= 0.6 is 0 Å². The molecule has 7 nitrogen and oxygen atoms in total. The average molecular weight is 513 g/mol. The molecule has 2 N–H and O–H groups in total. The number of hydrogen-bond acceptors (Lipinski definition) is 5. The molecule has 0 spiro atoms. The van der Waals surface area contributed by atoms with Gasteiger partial charge in [0.05, 0.1) is 28.1 Å². The molecule has 1 aromatic heterocycles. The Morgan fingerprint density at radius 1 is 1.03 bits per heavy atom. The van der Waals surface area contributed by atoms with Crippen LogP contribution in [0, 0.1) is 6.92 Å². The number of carbonyl (C=O) groups excluding carboxylic acids is 2. The van der Waals surface area contributed by atoms with E-state index in [0.29, 0.717) is 43.9 Å². The van der Waals surface area contributed by atoms with E-state index in [4.69, 9.17) is 0 Å². The van der Waals surface area contributed by atoms with E-state index in [2.05, 4.69) is 15.2 Å². The van der Waals surface area contributed by atoms with E-state index in [1.54, 1.807) is 0 Å². The lowest BCUT2D eigenvalue weighted by Crippen LogP contribution is -2.49. The van der Waals surface area contributed by atoms with E-state index in [1.807, 2.05) is 31.2 Å². The minimum Gasteiger partial charge on any atom is -0.385 e. The lowest BCUT2D eigenvalue weighted by Gasteiger charge is -2.38. The van der Waals surface area contributed by atoms with Gasteiger partial charge in [0.15, 0.2) is 0 Å². The first-order valence-corrected chi connectivity index (χ1v) is 12.2. The first kappa shape index (κ1) is 25.2. The number of hydrogen-bond donors (Lipinski definition) is 2. The number of anilines is 1. The summed E-state index contributed by atoms with van der Waals surface area (Å²) in [6.07, 6.45) is -3.19. The standard InChI is InChI=1S/C27H27F3N4O3/c1-17-23(34-11-8-24(35)32-25(34)36)15-19-14-21(6-7-22(19)31-17)26(37)9-12-33(13-10-26)16-18-2-4-20(5-3-18)27(28,29)30/h2-7,14-15,37H,8-13,16H2,1H3,(H,32,35,36). The zero-order chi connectivity index (χ0) is 26.4. The molecule has 0 saturated carbocycles. The summed E-state index contributed by atoms with van der Waals surface area (Å²) in [6.45, 7) is 3.78. The third-order valence-electron chi connectivity index (χ3n) is 7.23. The number of aryl methyl sites for hydroxylation is 1. The molecule has 0 radical (unpaired) electrons. The van der Waals surface area contributed by atoms with Gasteiger partial charge in [0.2, 0.25) is 5.91 Å². The van der Waals surface area contributed by atoms with Crippen molar-refractivity contribution < 1.29 is 27.9 Å². The number of nitrogens with zero attached hydrogens (tertiary/aromatic N) is 3. The lowest BCUT2D eigenvalue weighted by atomic mass is 9.83. The van der Waals surface area contributed by atoms with Gasteiger partial charge in [-0.1, -0.05) is 18.2 Å². The predicted molar refractivity (Wildman–Crippen MR) is 132 cm³/mol. The molecule has 2 saturated heterocycles. The Kier molecular flexibility index (Phi) is 6.41. The van der Waals surface area contributed by atoms with Gasteiger partial charge >= 0.3 is 12.2 Å². The molecule has 3 aromatic rings. The fourth-order valence-corrected chi connectivity index (χ4v) is 5.05. The van der Waals surface area contributed by atoms with Crippen LogP contribution in [-0.2, 0) is 23.1 Å². The molecule has 0 bridgehead atoms. The third-order valence-corrected chi connectivity index (χ3v) is 7.23. The smallest absolute Gasteiger partial charge is 0.385 e. The maximum atomic E-state index is 12.8. The number of pyridine rings is 1. The number of nitrogens with one attached hydrogen (secondary N) is 1. The number of alkyl halides is 3. The fourth-order valence-electron chi connectivity index (χ4n) is 5.05. The monoisotopic (exact) mass is 512 g/mol. The Hall–Kier alpha value is -3.50. The number of fused-ring (bicyclic) bond motifs is 1. The first-order chi connectivity index (χ1) is 17.5. The maximum Gasteiger partial charge on any atom is 0.416 e. The molecule has 2 fully saturated rings. The number of amides is 3. The number of rotatable bonds is 4. The molecule has 194 valence electrons. The van der Waals surface area contributed by atoms with Crippen molar-refractivity contribution in [2.45, 2.75) is 44.5 Å². The second-order valence-corrected chi connectivity index (χ2v) is 9.76. The van der Waals surface area contributed by atoms with Crippen molar-refractivity contribution in [2.75, 3.05) is 24.5 Å². The highest BCUT2D eigenvalue weighted by Gasteiger charge is 2.35. The average Bonchev–Trinajstić information content (AvgIpc) is 2.85. The molecule has 2 aromatic carbocycles. The molecule has 10 heteroatoms. The molecular formula is C27H27F3N4O3. The minimum absolute atomic E-state index is 0.214. The molecular weight excluding hydrogens is 485 g/mol. The van der Waals surface area contributed by atoms with Crippen molar-refractivity contribution in [3.8, 4) is 0 Å². The Morgan fingerprint density at radius 2 is 1.73 bits per heavy atom. The Labute approximate surface area is 211 Å². The third kappa shape index (κ3) is 5.17. The molecule has 3 heterocycles. The van der Waals surface area contributed by atoms with Crippen LogP contribution < -0.4 is 10.2 Å². The Balaban J connectivity index is 1.30. The van der Waals surface area contributed by atoms with E-state index in [1.165, 1.54) is 17.0 Å². The quantitative estimate of drug-likeness (QED) is 0.538. The Morgan fingerprint density at radius 3 is 2.38 bits per heavy atom. The molecule has 0 aliphatic carbocycles. The summed E-state index contributed by atoms with van der Waals surface area (Å²) in [6, 6.07) is 12.2. The molecule has 5 rings (SSSR count). The zero-order valence-corrected chi connectivity index (χ0v) is 20.3. The number of aromatic nitrogens is 1. The largest absolute Gasteiger partial charge is 0.416 e. The SMILES string of the molecule is Cc1nc2ccc(C3(O)CCN(Cc4ccc(C(F)(F)F)cc4)CC3)cc2cc1N1CCC(=O)NC1=O. The predicted octanol–water partition coefficient (Wildman–Crippen LogP) is 4.49. The normalized spacial score (nSPS) is 18.8. The van der Waals surface area contributed by atoms with Crippen LogP contribution in [0.2, 0.25) is 0 Å². The summed E-state index contributed by atoms with van der Waals surface area (Å²) in [4.78, 5) is 32.1. The molecule has 3 amide bonds. The second kappa shape index (κ2) is 9.42. The minimum atomic E-state index is -4.35. The first-order valence-electron chi connectivity index (χ1n) is 12.2. The van der Waals surface area contributed by atoms with Crippen molar-refractivity contribution in [1.82, 2.24) is 15.2 Å². The van der Waals surface area contributed by atoms with Crippen LogP contribution in [0.4, 0.5) is 23.7 Å². The number of likely N-dealkylation sites (tertiary alicyclic amines) is 1. The van der Waals surface area contributed by atoms with Gasteiger partial charge in [0.1, 0.15) is 0 Å². The van der Waals surface area contributed by atoms with Crippen molar-refractivity contribution in [1.29, 1.82) is 0 Å². The van der Waals surface area contributed by atoms with Crippen LogP contribution in [0.1, 0.15) is 41.6 Å². The van der Waals surface area contributed by atoms with E-state index in [-0.39, 0.29) is 18.9 Å². The highest BCUT2D eigenvalue weighted by Crippen LogP contribution is 2.36. The molecule has 0 unspecified atom stereocenters. The summed E-state index contributed by atoms with van der Waals surface area (Å²) in [5, 5.41) is 14.6. The number of piperidine rings is 1. The van der Waals surface area contributed by atoms with Crippen LogP contribution in [0.5, 0.6) is 0 Å². The highest BCUT2D eigenvalue weighted by atomic mass is 19.4. The number of imide groups is 1. The molecule has 2 aliphatic rings. The maximum absolute atomic E-state index is 12.8. The van der Waals surface area contributed by atoms with E-state index in [9.17, 15) is 27.9 Å². The molecule has 2 aliphatic heterocycles. The van der Waals surface area contributed by atoms with Crippen LogP contribution in [-0.4, -0.2) is 46.6 Å². The number of halogens is 3. The highest BCUT2D eigenvalue weighted by molar-refractivity contribution is 6.06. The summed E-state index contributed by atoms with van der Waals surface area (Å²) in [5.74, 6) is -0.304. The Bertz CT molecular complexity index is 1350.